The highest BCUT2D eigenvalue weighted by molar-refractivity contribution is 7.89. The van der Waals surface area contributed by atoms with Gasteiger partial charge in [0.15, 0.2) is 6.10 Å². The van der Waals surface area contributed by atoms with Crippen LogP contribution < -0.4 is 9.88 Å². The third kappa shape index (κ3) is 2.96. The highest BCUT2D eigenvalue weighted by atomic mass is 32.2. The van der Waals surface area contributed by atoms with Crippen LogP contribution in [-0.2, 0) is 10.0 Å². The molecule has 1 aromatic rings. The second-order valence-corrected chi connectivity index (χ2v) is 5.28. The summed E-state index contributed by atoms with van der Waals surface area (Å²) in [5.74, 6) is 0.490. The third-order valence-corrected chi connectivity index (χ3v) is 3.54. The van der Waals surface area contributed by atoms with Gasteiger partial charge < -0.3 is 4.74 Å². The van der Waals surface area contributed by atoms with Crippen molar-refractivity contribution in [3.8, 4) is 11.8 Å². The number of hydrogen-bond donors (Lipinski definition) is 1. The first kappa shape index (κ1) is 13.5. The van der Waals surface area contributed by atoms with E-state index >= 15 is 0 Å². The number of rotatable bonds is 3. The van der Waals surface area contributed by atoms with Crippen LogP contribution in [0.5, 0.6) is 5.75 Å². The Labute approximate surface area is 101 Å². The molecule has 0 bridgehead atoms. The number of sulfonamides is 1. The van der Waals surface area contributed by atoms with Crippen molar-refractivity contribution in [3.05, 3.63) is 23.3 Å². The fourth-order valence-electron chi connectivity index (χ4n) is 1.42. The summed E-state index contributed by atoms with van der Waals surface area (Å²) in [5.41, 5.74) is 1.20. The van der Waals surface area contributed by atoms with E-state index in [1.165, 1.54) is 12.1 Å². The van der Waals surface area contributed by atoms with Gasteiger partial charge in [-0.05, 0) is 44.0 Å². The molecule has 5 nitrogen and oxygen atoms in total. The van der Waals surface area contributed by atoms with Crippen LogP contribution >= 0.6 is 0 Å². The number of ether oxygens (including phenoxy) is 1. The van der Waals surface area contributed by atoms with Crippen molar-refractivity contribution >= 4 is 10.0 Å². The van der Waals surface area contributed by atoms with Crippen LogP contribution in [0.15, 0.2) is 17.0 Å². The molecule has 0 radical (unpaired) electrons. The Balaban J connectivity index is 3.26. The minimum atomic E-state index is -3.73. The summed E-state index contributed by atoms with van der Waals surface area (Å²) >= 11 is 0. The van der Waals surface area contributed by atoms with Gasteiger partial charge in [0.25, 0.3) is 0 Å². The third-order valence-electron chi connectivity index (χ3n) is 2.48. The molecule has 17 heavy (non-hydrogen) atoms. The van der Waals surface area contributed by atoms with Gasteiger partial charge in [0, 0.05) is 0 Å². The highest BCUT2D eigenvalue weighted by Crippen LogP contribution is 2.27. The van der Waals surface area contributed by atoms with Gasteiger partial charge in [0.05, 0.1) is 4.90 Å². The lowest BCUT2D eigenvalue weighted by Gasteiger charge is -2.14. The van der Waals surface area contributed by atoms with E-state index in [-0.39, 0.29) is 4.90 Å². The van der Waals surface area contributed by atoms with Crippen molar-refractivity contribution in [1.29, 1.82) is 5.26 Å². The molecule has 1 rings (SSSR count). The molecule has 0 saturated carbocycles. The Morgan fingerprint density at radius 2 is 1.94 bits per heavy atom. The average molecular weight is 254 g/mol. The van der Waals surface area contributed by atoms with E-state index in [2.05, 4.69) is 0 Å². The summed E-state index contributed by atoms with van der Waals surface area (Å²) in [4.78, 5) is 0.0759. The molecule has 1 aromatic carbocycles. The van der Waals surface area contributed by atoms with Crippen molar-refractivity contribution in [2.24, 2.45) is 5.14 Å². The van der Waals surface area contributed by atoms with Crippen molar-refractivity contribution in [2.75, 3.05) is 0 Å². The van der Waals surface area contributed by atoms with Crippen LogP contribution in [0.1, 0.15) is 18.1 Å². The van der Waals surface area contributed by atoms with E-state index in [1.807, 2.05) is 6.07 Å². The summed E-state index contributed by atoms with van der Waals surface area (Å²) in [6, 6.07) is 4.84. The molecule has 2 N–H and O–H groups in total. The standard InChI is InChI=1S/C11H14N2O3S/c1-7(6-12)16-10-4-5-11(17(13,14)15)9(3)8(10)2/h4-5,7H,1-3H3,(H2,13,14,15). The van der Waals surface area contributed by atoms with Gasteiger partial charge in [-0.3, -0.25) is 0 Å². The van der Waals surface area contributed by atoms with Crippen LogP contribution in [-0.4, -0.2) is 14.5 Å². The van der Waals surface area contributed by atoms with Crippen LogP contribution in [0.4, 0.5) is 0 Å². The van der Waals surface area contributed by atoms with Crippen LogP contribution in [0, 0.1) is 25.2 Å². The predicted molar refractivity (Wildman–Crippen MR) is 63.0 cm³/mol. The van der Waals surface area contributed by atoms with Crippen molar-refractivity contribution in [1.82, 2.24) is 0 Å². The second kappa shape index (κ2) is 4.73. The monoisotopic (exact) mass is 254 g/mol. The molecule has 0 fully saturated rings. The molecule has 1 atom stereocenters. The molecular weight excluding hydrogens is 240 g/mol. The Bertz CT molecular complexity index is 573. The topological polar surface area (TPSA) is 93.2 Å². The summed E-state index contributed by atoms with van der Waals surface area (Å²) in [5, 5.41) is 13.7. The summed E-state index contributed by atoms with van der Waals surface area (Å²) in [7, 11) is -3.73. The Morgan fingerprint density at radius 3 is 2.41 bits per heavy atom. The second-order valence-electron chi connectivity index (χ2n) is 3.75. The molecule has 92 valence electrons. The molecule has 1 unspecified atom stereocenters. The van der Waals surface area contributed by atoms with Gasteiger partial charge in [-0.25, -0.2) is 13.6 Å². The molecule has 6 heteroatoms. The lowest BCUT2D eigenvalue weighted by Crippen LogP contribution is -2.15. The SMILES string of the molecule is Cc1c(OC(C)C#N)ccc(S(N)(=O)=O)c1C. The molecular formula is C11H14N2O3S. The lowest BCUT2D eigenvalue weighted by molar-refractivity contribution is 0.274. The van der Waals surface area contributed by atoms with E-state index in [4.69, 9.17) is 15.1 Å². The van der Waals surface area contributed by atoms with Crippen molar-refractivity contribution in [2.45, 2.75) is 31.8 Å². The van der Waals surface area contributed by atoms with E-state index in [1.54, 1.807) is 20.8 Å². The maximum atomic E-state index is 11.3. The molecule has 0 aromatic heterocycles. The number of hydrogen-bond acceptors (Lipinski definition) is 4. The summed E-state index contributed by atoms with van der Waals surface area (Å²) in [6.45, 7) is 4.99. The predicted octanol–water partition coefficient (Wildman–Crippen LogP) is 1.24. The Kier molecular flexibility index (Phi) is 3.76. The smallest absolute Gasteiger partial charge is 0.238 e. The Morgan fingerprint density at radius 1 is 1.35 bits per heavy atom. The van der Waals surface area contributed by atoms with Crippen LogP contribution in [0.25, 0.3) is 0 Å². The molecule has 0 aliphatic rings. The number of nitrogens with two attached hydrogens (primary N) is 1. The molecule has 0 saturated heterocycles. The molecule has 0 spiro atoms. The first-order valence-corrected chi connectivity index (χ1v) is 6.51. The minimum absolute atomic E-state index is 0.0759. The largest absolute Gasteiger partial charge is 0.476 e. The first-order valence-electron chi connectivity index (χ1n) is 4.96. The molecule has 0 aliphatic heterocycles. The maximum absolute atomic E-state index is 11.3. The van der Waals surface area contributed by atoms with E-state index in [0.717, 1.165) is 0 Å². The summed E-state index contributed by atoms with van der Waals surface area (Å²) in [6.07, 6.45) is -0.589. The molecule has 0 heterocycles. The van der Waals surface area contributed by atoms with Gasteiger partial charge >= 0.3 is 0 Å². The van der Waals surface area contributed by atoms with Gasteiger partial charge in [-0.2, -0.15) is 5.26 Å². The van der Waals surface area contributed by atoms with Gasteiger partial charge in [-0.15, -0.1) is 0 Å². The van der Waals surface area contributed by atoms with Gasteiger partial charge in [-0.1, -0.05) is 0 Å². The Hall–Kier alpha value is -1.58. The number of nitrogens with zero attached hydrogens (tertiary/aromatic N) is 1. The average Bonchev–Trinajstić information content (AvgIpc) is 2.22. The zero-order valence-electron chi connectivity index (χ0n) is 9.89. The number of nitriles is 1. The normalized spacial score (nSPS) is 12.9. The lowest BCUT2D eigenvalue weighted by atomic mass is 10.1. The van der Waals surface area contributed by atoms with Crippen molar-refractivity contribution in [3.63, 3.8) is 0 Å². The van der Waals surface area contributed by atoms with Crippen molar-refractivity contribution < 1.29 is 13.2 Å². The molecule has 0 aliphatic carbocycles. The number of primary sulfonamides is 1. The van der Waals surface area contributed by atoms with Crippen LogP contribution in [0.2, 0.25) is 0 Å². The zero-order chi connectivity index (χ0) is 13.2. The number of benzene rings is 1. The quantitative estimate of drug-likeness (QED) is 0.878. The van der Waals surface area contributed by atoms with E-state index < -0.39 is 16.1 Å². The fourth-order valence-corrected chi connectivity index (χ4v) is 2.26. The molecule has 0 amide bonds. The maximum Gasteiger partial charge on any atom is 0.238 e. The summed E-state index contributed by atoms with van der Waals surface area (Å²) < 4.78 is 27.9. The van der Waals surface area contributed by atoms with Gasteiger partial charge in [0.1, 0.15) is 11.8 Å². The van der Waals surface area contributed by atoms with E-state index in [0.29, 0.717) is 16.9 Å². The zero-order valence-corrected chi connectivity index (χ0v) is 10.7. The fraction of sp³-hybridized carbons (Fsp3) is 0.364. The minimum Gasteiger partial charge on any atom is -0.476 e. The first-order chi connectivity index (χ1) is 7.77. The highest BCUT2D eigenvalue weighted by Gasteiger charge is 2.16. The van der Waals surface area contributed by atoms with Crippen LogP contribution in [0.3, 0.4) is 0 Å². The van der Waals surface area contributed by atoms with E-state index in [9.17, 15) is 8.42 Å². The van der Waals surface area contributed by atoms with Gasteiger partial charge in [0.2, 0.25) is 10.0 Å².